The number of aryl methyl sites for hydroxylation is 1. The summed E-state index contributed by atoms with van der Waals surface area (Å²) in [5.41, 5.74) is 0.871. The molecule has 1 aromatic heterocycles. The molecular formula is C15H25ClN2O2S. The molecule has 1 fully saturated rings. The van der Waals surface area contributed by atoms with Gasteiger partial charge in [-0.2, -0.15) is 4.31 Å². The van der Waals surface area contributed by atoms with Gasteiger partial charge in [0.1, 0.15) is 4.90 Å². The minimum atomic E-state index is -3.39. The Morgan fingerprint density at radius 3 is 2.62 bits per heavy atom. The lowest BCUT2D eigenvalue weighted by Crippen LogP contribution is -2.42. The summed E-state index contributed by atoms with van der Waals surface area (Å²) in [6.45, 7) is 8.41. The van der Waals surface area contributed by atoms with Crippen molar-refractivity contribution in [3.05, 3.63) is 18.0 Å². The normalized spacial score (nSPS) is 24.4. The SMILES string of the molecule is CCCn1cc(S(=O)(=O)N2CCC(C)C(C)C2)cc1CCl. The zero-order valence-electron chi connectivity index (χ0n) is 13.0. The number of hydrogen-bond donors (Lipinski definition) is 0. The molecule has 2 heterocycles. The third-order valence-corrected chi connectivity index (χ3v) is 6.60. The molecule has 1 aliphatic rings. The van der Waals surface area contributed by atoms with Gasteiger partial charge in [0.25, 0.3) is 0 Å². The monoisotopic (exact) mass is 332 g/mol. The van der Waals surface area contributed by atoms with Crippen molar-refractivity contribution < 1.29 is 8.42 Å². The van der Waals surface area contributed by atoms with Crippen LogP contribution in [0.15, 0.2) is 17.2 Å². The van der Waals surface area contributed by atoms with Crippen LogP contribution in [0, 0.1) is 11.8 Å². The number of piperidine rings is 1. The number of rotatable bonds is 5. The highest BCUT2D eigenvalue weighted by Crippen LogP contribution is 2.28. The smallest absolute Gasteiger partial charge is 0.244 e. The highest BCUT2D eigenvalue weighted by atomic mass is 35.5. The molecule has 2 unspecified atom stereocenters. The van der Waals surface area contributed by atoms with Crippen molar-refractivity contribution in [1.82, 2.24) is 8.87 Å². The van der Waals surface area contributed by atoms with Crippen LogP contribution in [-0.4, -0.2) is 30.4 Å². The minimum Gasteiger partial charge on any atom is -0.349 e. The van der Waals surface area contributed by atoms with Gasteiger partial charge < -0.3 is 4.57 Å². The highest BCUT2D eigenvalue weighted by Gasteiger charge is 2.32. The second-order valence-corrected chi connectivity index (χ2v) is 8.31. The van der Waals surface area contributed by atoms with Crippen LogP contribution in [0.25, 0.3) is 0 Å². The highest BCUT2D eigenvalue weighted by molar-refractivity contribution is 7.89. The summed E-state index contributed by atoms with van der Waals surface area (Å²) < 4.78 is 29.2. The number of halogens is 1. The molecule has 0 amide bonds. The second kappa shape index (κ2) is 6.71. The van der Waals surface area contributed by atoms with Gasteiger partial charge in [0.05, 0.1) is 5.88 Å². The van der Waals surface area contributed by atoms with Gasteiger partial charge in [0.2, 0.25) is 10.0 Å². The van der Waals surface area contributed by atoms with Crippen LogP contribution in [0.5, 0.6) is 0 Å². The average Bonchev–Trinajstić information content (AvgIpc) is 2.86. The molecule has 2 rings (SSSR count). The van der Waals surface area contributed by atoms with Gasteiger partial charge in [0.15, 0.2) is 0 Å². The quantitative estimate of drug-likeness (QED) is 0.776. The van der Waals surface area contributed by atoms with Crippen LogP contribution in [-0.2, 0) is 22.4 Å². The number of nitrogens with zero attached hydrogens (tertiary/aromatic N) is 2. The van der Waals surface area contributed by atoms with E-state index in [1.54, 1.807) is 16.6 Å². The van der Waals surface area contributed by atoms with Crippen molar-refractivity contribution in [2.45, 2.75) is 50.9 Å². The van der Waals surface area contributed by atoms with E-state index >= 15 is 0 Å². The Labute approximate surface area is 133 Å². The number of aromatic nitrogens is 1. The molecule has 21 heavy (non-hydrogen) atoms. The van der Waals surface area contributed by atoms with Crippen LogP contribution in [0.1, 0.15) is 39.3 Å². The van der Waals surface area contributed by atoms with Gasteiger partial charge in [-0.15, -0.1) is 11.6 Å². The van der Waals surface area contributed by atoms with Crippen LogP contribution in [0.2, 0.25) is 0 Å². The second-order valence-electron chi connectivity index (χ2n) is 6.10. The van der Waals surface area contributed by atoms with Gasteiger partial charge in [-0.1, -0.05) is 20.8 Å². The van der Waals surface area contributed by atoms with Crippen LogP contribution in [0.3, 0.4) is 0 Å². The van der Waals surface area contributed by atoms with Crippen LogP contribution in [0.4, 0.5) is 0 Å². The third-order valence-electron chi connectivity index (χ3n) is 4.50. The van der Waals surface area contributed by atoms with E-state index in [4.69, 9.17) is 11.6 Å². The summed E-state index contributed by atoms with van der Waals surface area (Å²) in [7, 11) is -3.39. The summed E-state index contributed by atoms with van der Waals surface area (Å²) in [6, 6.07) is 1.72. The van der Waals surface area contributed by atoms with Crippen molar-refractivity contribution in [2.24, 2.45) is 11.8 Å². The predicted octanol–water partition coefficient (Wildman–Crippen LogP) is 3.30. The van der Waals surface area contributed by atoms with E-state index in [1.165, 1.54) is 0 Å². The molecule has 4 nitrogen and oxygen atoms in total. The molecule has 0 N–H and O–H groups in total. The van der Waals surface area contributed by atoms with Crippen molar-refractivity contribution >= 4 is 21.6 Å². The molecule has 120 valence electrons. The fourth-order valence-corrected chi connectivity index (χ4v) is 4.67. The molecule has 0 saturated carbocycles. The zero-order chi connectivity index (χ0) is 15.6. The first-order chi connectivity index (χ1) is 9.90. The van der Waals surface area contributed by atoms with E-state index in [2.05, 4.69) is 20.8 Å². The maximum atomic E-state index is 12.8. The molecule has 0 radical (unpaired) electrons. The standard InChI is InChI=1S/C15H25ClN2O2S/c1-4-6-17-11-15(8-14(17)9-16)21(19,20)18-7-5-12(2)13(3)10-18/h8,11-13H,4-7,9-10H2,1-3H3. The Balaban J connectivity index is 2.27. The summed E-state index contributed by atoms with van der Waals surface area (Å²) in [5.74, 6) is 1.32. The van der Waals surface area contributed by atoms with E-state index in [0.29, 0.717) is 35.7 Å². The summed E-state index contributed by atoms with van der Waals surface area (Å²) in [4.78, 5) is 0.383. The first kappa shape index (κ1) is 16.8. The van der Waals surface area contributed by atoms with Crippen LogP contribution >= 0.6 is 11.6 Å². The molecule has 1 aromatic rings. The molecule has 2 atom stereocenters. The van der Waals surface area contributed by atoms with Crippen molar-refractivity contribution in [3.63, 3.8) is 0 Å². The molecular weight excluding hydrogens is 308 g/mol. The van der Waals surface area contributed by atoms with Gasteiger partial charge in [-0.05, 0) is 30.7 Å². The van der Waals surface area contributed by atoms with Gasteiger partial charge >= 0.3 is 0 Å². The molecule has 0 aliphatic carbocycles. The van der Waals surface area contributed by atoms with Gasteiger partial charge in [0, 0.05) is 31.5 Å². The zero-order valence-corrected chi connectivity index (χ0v) is 14.6. The molecule has 1 aliphatic heterocycles. The van der Waals surface area contributed by atoms with E-state index in [-0.39, 0.29) is 0 Å². The molecule has 0 aromatic carbocycles. The lowest BCUT2D eigenvalue weighted by molar-refractivity contribution is 0.212. The summed E-state index contributed by atoms with van der Waals surface area (Å²) in [6.07, 6.45) is 3.62. The molecule has 6 heteroatoms. The maximum Gasteiger partial charge on any atom is 0.244 e. The Kier molecular flexibility index (Phi) is 5.38. The Morgan fingerprint density at radius 1 is 1.33 bits per heavy atom. The minimum absolute atomic E-state index is 0.336. The largest absolute Gasteiger partial charge is 0.349 e. The summed E-state index contributed by atoms with van der Waals surface area (Å²) in [5, 5.41) is 0. The van der Waals surface area contributed by atoms with Crippen LogP contribution < -0.4 is 0 Å². The van der Waals surface area contributed by atoms with E-state index in [9.17, 15) is 8.42 Å². The maximum absolute atomic E-state index is 12.8. The molecule has 0 bridgehead atoms. The van der Waals surface area contributed by atoms with E-state index < -0.39 is 10.0 Å². The third kappa shape index (κ3) is 3.46. The van der Waals surface area contributed by atoms with Crippen molar-refractivity contribution in [1.29, 1.82) is 0 Å². The lowest BCUT2D eigenvalue weighted by atomic mass is 9.90. The number of alkyl halides is 1. The average molecular weight is 333 g/mol. The predicted molar refractivity (Wildman–Crippen MR) is 86.0 cm³/mol. The van der Waals surface area contributed by atoms with Crippen molar-refractivity contribution in [2.75, 3.05) is 13.1 Å². The fraction of sp³-hybridized carbons (Fsp3) is 0.733. The Bertz CT molecular complexity index is 582. The van der Waals surface area contributed by atoms with Gasteiger partial charge in [-0.3, -0.25) is 0 Å². The Morgan fingerprint density at radius 2 is 2.05 bits per heavy atom. The van der Waals surface area contributed by atoms with E-state index in [1.807, 2.05) is 4.57 Å². The summed E-state index contributed by atoms with van der Waals surface area (Å²) >= 11 is 5.93. The molecule has 0 spiro atoms. The number of hydrogen-bond acceptors (Lipinski definition) is 2. The van der Waals surface area contributed by atoms with Crippen molar-refractivity contribution in [3.8, 4) is 0 Å². The number of sulfonamides is 1. The van der Waals surface area contributed by atoms with E-state index in [0.717, 1.165) is 25.1 Å². The Hall–Kier alpha value is -0.520. The first-order valence-corrected chi connectivity index (χ1v) is 9.62. The first-order valence-electron chi connectivity index (χ1n) is 7.65. The lowest BCUT2D eigenvalue weighted by Gasteiger charge is -2.34. The fourth-order valence-electron chi connectivity index (χ4n) is 2.82. The van der Waals surface area contributed by atoms with Gasteiger partial charge in [-0.25, -0.2) is 8.42 Å². The molecule has 1 saturated heterocycles. The topological polar surface area (TPSA) is 42.3 Å².